The number of hydrogen-bond donors (Lipinski definition) is 2. The highest BCUT2D eigenvalue weighted by molar-refractivity contribution is 7.80. The van der Waals surface area contributed by atoms with E-state index in [1.807, 2.05) is 6.92 Å². The molecule has 0 fully saturated rings. The average Bonchev–Trinajstić information content (AvgIpc) is 3.17. The van der Waals surface area contributed by atoms with E-state index < -0.39 is 11.7 Å². The zero-order chi connectivity index (χ0) is 21.7. The van der Waals surface area contributed by atoms with E-state index in [-0.39, 0.29) is 28.3 Å². The van der Waals surface area contributed by atoms with Crippen LogP contribution in [0.2, 0.25) is 5.02 Å². The number of halogens is 4. The Balaban J connectivity index is 1.58. The van der Waals surface area contributed by atoms with Crippen molar-refractivity contribution in [2.75, 3.05) is 11.9 Å². The van der Waals surface area contributed by atoms with Crippen LogP contribution in [-0.4, -0.2) is 21.9 Å². The number of thiocarbonyl (C=S) groups is 1. The van der Waals surface area contributed by atoms with Crippen molar-refractivity contribution >= 4 is 34.6 Å². The number of ether oxygens (including phenoxy) is 1. The molecule has 1 heterocycles. The van der Waals surface area contributed by atoms with E-state index in [4.69, 9.17) is 33.1 Å². The molecule has 0 spiro atoms. The Bertz CT molecular complexity index is 1030. The van der Waals surface area contributed by atoms with Crippen LogP contribution in [0.5, 0.6) is 5.75 Å². The molecule has 2 aromatic carbocycles. The SMILES string of the molecule is CCOc1ccc(-c2noc(CNC(=S)Nc3ccc(Cl)c(C(F)(F)F)c3)n2)cc1. The van der Waals surface area contributed by atoms with Crippen LogP contribution in [0.4, 0.5) is 18.9 Å². The van der Waals surface area contributed by atoms with E-state index in [9.17, 15) is 13.2 Å². The number of benzene rings is 2. The standard InChI is InChI=1S/C19H16ClF3N4O2S/c1-2-28-13-6-3-11(4-7-13)17-26-16(29-27-17)10-24-18(30)25-12-5-8-15(20)14(9-12)19(21,22)23/h3-9H,2,10H2,1H3,(H2,24,25,30). The van der Waals surface area contributed by atoms with Crippen molar-refractivity contribution in [2.24, 2.45) is 0 Å². The van der Waals surface area contributed by atoms with Crippen molar-refractivity contribution in [1.82, 2.24) is 15.5 Å². The molecule has 11 heteroatoms. The van der Waals surface area contributed by atoms with Crippen molar-refractivity contribution in [3.8, 4) is 17.1 Å². The monoisotopic (exact) mass is 456 g/mol. The first-order valence-electron chi connectivity index (χ1n) is 8.73. The molecule has 0 aliphatic heterocycles. The Morgan fingerprint density at radius 2 is 1.93 bits per heavy atom. The summed E-state index contributed by atoms with van der Waals surface area (Å²) in [5, 5.41) is 9.07. The summed E-state index contributed by atoms with van der Waals surface area (Å²) in [4.78, 5) is 4.26. The lowest BCUT2D eigenvalue weighted by atomic mass is 10.2. The molecule has 0 amide bonds. The molecule has 0 saturated heterocycles. The average molecular weight is 457 g/mol. The third-order valence-corrected chi connectivity index (χ3v) is 4.40. The maximum atomic E-state index is 12.9. The van der Waals surface area contributed by atoms with Crippen molar-refractivity contribution in [3.63, 3.8) is 0 Å². The predicted molar refractivity (Wildman–Crippen MR) is 110 cm³/mol. The Hall–Kier alpha value is -2.85. The van der Waals surface area contributed by atoms with Gasteiger partial charge < -0.3 is 19.9 Å². The molecule has 158 valence electrons. The van der Waals surface area contributed by atoms with E-state index >= 15 is 0 Å². The van der Waals surface area contributed by atoms with Gasteiger partial charge in [0.1, 0.15) is 5.75 Å². The van der Waals surface area contributed by atoms with Gasteiger partial charge in [0.2, 0.25) is 11.7 Å². The lowest BCUT2D eigenvalue weighted by Crippen LogP contribution is -2.28. The van der Waals surface area contributed by atoms with Crippen molar-refractivity contribution in [2.45, 2.75) is 19.6 Å². The topological polar surface area (TPSA) is 72.2 Å². The van der Waals surface area contributed by atoms with Crippen LogP contribution in [0.15, 0.2) is 47.0 Å². The highest BCUT2D eigenvalue weighted by atomic mass is 35.5. The summed E-state index contributed by atoms with van der Waals surface area (Å²) in [5.74, 6) is 1.38. The van der Waals surface area contributed by atoms with E-state index in [0.717, 1.165) is 23.4 Å². The first kappa shape index (κ1) is 21.8. The van der Waals surface area contributed by atoms with Gasteiger partial charge in [-0.1, -0.05) is 16.8 Å². The summed E-state index contributed by atoms with van der Waals surface area (Å²) >= 11 is 10.7. The fourth-order valence-electron chi connectivity index (χ4n) is 2.46. The Morgan fingerprint density at radius 3 is 2.60 bits per heavy atom. The van der Waals surface area contributed by atoms with Crippen LogP contribution < -0.4 is 15.4 Å². The van der Waals surface area contributed by atoms with Crippen molar-refractivity contribution in [3.05, 3.63) is 58.9 Å². The zero-order valence-electron chi connectivity index (χ0n) is 15.6. The third-order valence-electron chi connectivity index (χ3n) is 3.82. The van der Waals surface area contributed by atoms with Crippen LogP contribution in [0.25, 0.3) is 11.4 Å². The van der Waals surface area contributed by atoms with E-state index in [0.29, 0.717) is 12.4 Å². The largest absolute Gasteiger partial charge is 0.494 e. The fraction of sp³-hybridized carbons (Fsp3) is 0.211. The second-order valence-electron chi connectivity index (χ2n) is 5.97. The van der Waals surface area contributed by atoms with Gasteiger partial charge in [-0.2, -0.15) is 18.2 Å². The minimum absolute atomic E-state index is 0.0891. The molecule has 0 bridgehead atoms. The van der Waals surface area contributed by atoms with E-state index in [1.165, 1.54) is 6.07 Å². The molecule has 1 aromatic heterocycles. The summed E-state index contributed by atoms with van der Waals surface area (Å²) in [6.45, 7) is 2.56. The van der Waals surface area contributed by atoms with Gasteiger partial charge >= 0.3 is 6.18 Å². The Kier molecular flexibility index (Phi) is 6.78. The Morgan fingerprint density at radius 1 is 1.20 bits per heavy atom. The first-order chi connectivity index (χ1) is 14.3. The van der Waals surface area contributed by atoms with Gasteiger partial charge in [-0.3, -0.25) is 0 Å². The molecule has 0 radical (unpaired) electrons. The normalized spacial score (nSPS) is 11.2. The number of aromatic nitrogens is 2. The van der Waals surface area contributed by atoms with Crippen molar-refractivity contribution < 1.29 is 22.4 Å². The summed E-state index contributed by atoms with van der Waals surface area (Å²) in [5.41, 5.74) is -0.0614. The Labute approximate surface area is 180 Å². The number of rotatable bonds is 6. The molecule has 2 N–H and O–H groups in total. The molecule has 0 atom stereocenters. The molecule has 3 aromatic rings. The number of alkyl halides is 3. The van der Waals surface area contributed by atoms with Crippen LogP contribution in [-0.2, 0) is 12.7 Å². The lowest BCUT2D eigenvalue weighted by Gasteiger charge is -2.13. The van der Waals surface area contributed by atoms with Crippen LogP contribution in [0.1, 0.15) is 18.4 Å². The molecule has 0 unspecified atom stereocenters. The molecule has 30 heavy (non-hydrogen) atoms. The highest BCUT2D eigenvalue weighted by Crippen LogP contribution is 2.36. The summed E-state index contributed by atoms with van der Waals surface area (Å²) in [7, 11) is 0. The zero-order valence-corrected chi connectivity index (χ0v) is 17.2. The number of anilines is 1. The predicted octanol–water partition coefficient (Wildman–Crippen LogP) is 5.29. The molecular formula is C19H16ClF3N4O2S. The second kappa shape index (κ2) is 9.31. The van der Waals surface area contributed by atoms with Gasteiger partial charge in [-0.25, -0.2) is 0 Å². The molecule has 3 rings (SSSR count). The molecular weight excluding hydrogens is 441 g/mol. The smallest absolute Gasteiger partial charge is 0.417 e. The van der Waals surface area contributed by atoms with Gasteiger partial charge in [-0.05, 0) is 61.6 Å². The van der Waals surface area contributed by atoms with Crippen LogP contribution >= 0.6 is 23.8 Å². The lowest BCUT2D eigenvalue weighted by molar-refractivity contribution is -0.137. The van der Waals surface area contributed by atoms with Gasteiger partial charge in [0.15, 0.2) is 5.11 Å². The van der Waals surface area contributed by atoms with E-state index in [1.54, 1.807) is 24.3 Å². The number of nitrogens with zero attached hydrogens (tertiary/aromatic N) is 2. The van der Waals surface area contributed by atoms with Gasteiger partial charge in [0.05, 0.1) is 23.7 Å². The van der Waals surface area contributed by atoms with Gasteiger partial charge in [-0.15, -0.1) is 0 Å². The summed E-state index contributed by atoms with van der Waals surface area (Å²) in [6.07, 6.45) is -4.56. The maximum Gasteiger partial charge on any atom is 0.417 e. The molecule has 0 aliphatic rings. The molecule has 6 nitrogen and oxygen atoms in total. The quantitative estimate of drug-likeness (QED) is 0.488. The fourth-order valence-corrected chi connectivity index (χ4v) is 2.88. The maximum absolute atomic E-state index is 12.9. The number of nitrogens with one attached hydrogen (secondary N) is 2. The third kappa shape index (κ3) is 5.61. The van der Waals surface area contributed by atoms with Gasteiger partial charge in [0.25, 0.3) is 0 Å². The van der Waals surface area contributed by atoms with Gasteiger partial charge in [0, 0.05) is 11.3 Å². The summed E-state index contributed by atoms with van der Waals surface area (Å²) < 4.78 is 49.4. The minimum atomic E-state index is -4.56. The second-order valence-corrected chi connectivity index (χ2v) is 6.78. The van der Waals surface area contributed by atoms with Crippen LogP contribution in [0, 0.1) is 0 Å². The van der Waals surface area contributed by atoms with E-state index in [2.05, 4.69) is 20.8 Å². The molecule has 0 saturated carbocycles. The highest BCUT2D eigenvalue weighted by Gasteiger charge is 2.33. The summed E-state index contributed by atoms with van der Waals surface area (Å²) in [6, 6.07) is 10.6. The molecule has 0 aliphatic carbocycles. The van der Waals surface area contributed by atoms with Crippen molar-refractivity contribution in [1.29, 1.82) is 0 Å². The first-order valence-corrected chi connectivity index (χ1v) is 9.52. The van der Waals surface area contributed by atoms with Crippen LogP contribution in [0.3, 0.4) is 0 Å². The minimum Gasteiger partial charge on any atom is -0.494 e. The number of hydrogen-bond acceptors (Lipinski definition) is 5.